The van der Waals surface area contributed by atoms with Crippen LogP contribution in [-0.2, 0) is 19.6 Å². The van der Waals surface area contributed by atoms with Crippen LogP contribution in [0.15, 0.2) is 34.5 Å². The van der Waals surface area contributed by atoms with Gasteiger partial charge in [-0.1, -0.05) is 6.08 Å². The van der Waals surface area contributed by atoms with E-state index in [1.54, 1.807) is 0 Å². The molecule has 1 aromatic heterocycles. The summed E-state index contributed by atoms with van der Waals surface area (Å²) in [5, 5.41) is 19.9. The zero-order valence-corrected chi connectivity index (χ0v) is 13.2. The fraction of sp³-hybridized carbons (Fsp3) is 0.500. The van der Waals surface area contributed by atoms with Crippen LogP contribution in [0.1, 0.15) is 6.42 Å². The molecule has 0 aromatic carbocycles. The number of nitrogens with one attached hydrogen (secondary N) is 1. The molecule has 24 heavy (non-hydrogen) atoms. The van der Waals surface area contributed by atoms with Crippen molar-refractivity contribution in [3.05, 3.63) is 45.8 Å². The topological polar surface area (TPSA) is 171 Å². The smallest absolute Gasteiger partial charge is 0.394 e. The van der Waals surface area contributed by atoms with Crippen LogP contribution in [-0.4, -0.2) is 54.5 Å². The number of nitrogens with zero attached hydrogens (tertiary/aromatic N) is 1. The van der Waals surface area contributed by atoms with E-state index in [0.717, 1.165) is 16.8 Å². The number of hydrogen-bond acceptors (Lipinski definition) is 7. The van der Waals surface area contributed by atoms with Crippen LogP contribution in [0, 0.1) is 0 Å². The van der Waals surface area contributed by atoms with E-state index in [1.165, 1.54) is 6.08 Å². The first-order chi connectivity index (χ1) is 11.1. The normalized spacial score (nSPS) is 30.4. The highest BCUT2D eigenvalue weighted by atomic mass is 31.2. The Morgan fingerprint density at radius 3 is 2.67 bits per heavy atom. The maximum atomic E-state index is 12.1. The van der Waals surface area contributed by atoms with E-state index < -0.39 is 49.7 Å². The SMILES string of the molecule is C=CC[C@@]1(n2ccc(=O)[nH]c2=O)O[C@H](CO)[C@@H](OP(=O)(O)O)[C@H]1O. The van der Waals surface area contributed by atoms with Crippen LogP contribution in [0.3, 0.4) is 0 Å². The van der Waals surface area contributed by atoms with Gasteiger partial charge in [-0.3, -0.25) is 18.9 Å². The number of hydrogen-bond donors (Lipinski definition) is 5. The molecule has 0 bridgehead atoms. The maximum Gasteiger partial charge on any atom is 0.470 e. The second-order valence-electron chi connectivity index (χ2n) is 5.16. The zero-order chi connectivity index (χ0) is 18.1. The van der Waals surface area contributed by atoms with Crippen molar-refractivity contribution in [2.75, 3.05) is 6.61 Å². The highest BCUT2D eigenvalue weighted by Crippen LogP contribution is 2.46. The second-order valence-corrected chi connectivity index (χ2v) is 6.35. The number of rotatable bonds is 6. The fourth-order valence-electron chi connectivity index (χ4n) is 2.67. The average Bonchev–Trinajstić information content (AvgIpc) is 2.72. The van der Waals surface area contributed by atoms with Gasteiger partial charge in [0, 0.05) is 18.7 Å². The van der Waals surface area contributed by atoms with Gasteiger partial charge in [0.1, 0.15) is 18.3 Å². The molecule has 1 fully saturated rings. The van der Waals surface area contributed by atoms with Crippen molar-refractivity contribution in [2.45, 2.75) is 30.5 Å². The van der Waals surface area contributed by atoms with Gasteiger partial charge in [-0.05, 0) is 0 Å². The minimum atomic E-state index is -5.01. The molecular formula is C12H17N2O9P. The Bertz CT molecular complexity index is 768. The van der Waals surface area contributed by atoms with Gasteiger partial charge in [0.2, 0.25) is 0 Å². The summed E-state index contributed by atoms with van der Waals surface area (Å²) >= 11 is 0. The summed E-state index contributed by atoms with van der Waals surface area (Å²) in [6, 6.07) is 1.01. The monoisotopic (exact) mass is 364 g/mol. The molecular weight excluding hydrogens is 347 g/mol. The van der Waals surface area contributed by atoms with Gasteiger partial charge in [0.05, 0.1) is 6.61 Å². The third kappa shape index (κ3) is 3.42. The standard InChI is InChI=1S/C12H17N2O9P/c1-2-4-12(14-5-3-8(16)13-11(14)18)10(17)9(7(6-15)22-12)23-24(19,20)21/h2-3,5,7,9-10,15,17H,1,4,6H2,(H,13,16,18)(H2,19,20,21)/t7-,9-,10-,12-/m1/s1. The number of ether oxygens (including phenoxy) is 1. The van der Waals surface area contributed by atoms with Crippen molar-refractivity contribution < 1.29 is 33.8 Å². The van der Waals surface area contributed by atoms with Gasteiger partial charge < -0.3 is 24.7 Å². The molecule has 11 nitrogen and oxygen atoms in total. The molecule has 5 N–H and O–H groups in total. The molecule has 0 aliphatic carbocycles. The molecule has 0 amide bonds. The molecule has 2 rings (SSSR count). The lowest BCUT2D eigenvalue weighted by Crippen LogP contribution is -2.51. The lowest BCUT2D eigenvalue weighted by atomic mass is 9.99. The number of phosphoric ester groups is 1. The van der Waals surface area contributed by atoms with Gasteiger partial charge in [-0.2, -0.15) is 0 Å². The Labute approximate surface area is 135 Å². The van der Waals surface area contributed by atoms with Gasteiger partial charge in [-0.25, -0.2) is 9.36 Å². The van der Waals surface area contributed by atoms with Gasteiger partial charge >= 0.3 is 13.5 Å². The Kier molecular flexibility index (Phi) is 5.25. The second kappa shape index (κ2) is 6.73. The Balaban J connectivity index is 2.56. The van der Waals surface area contributed by atoms with E-state index in [9.17, 15) is 24.4 Å². The number of aliphatic hydroxyl groups excluding tert-OH is 2. The van der Waals surface area contributed by atoms with Gasteiger partial charge in [0.15, 0.2) is 5.72 Å². The van der Waals surface area contributed by atoms with Crippen molar-refractivity contribution >= 4 is 7.82 Å². The number of aliphatic hydroxyl groups is 2. The van der Waals surface area contributed by atoms with E-state index in [-0.39, 0.29) is 6.42 Å². The van der Waals surface area contributed by atoms with E-state index >= 15 is 0 Å². The molecule has 1 aliphatic rings. The zero-order valence-electron chi connectivity index (χ0n) is 12.3. The van der Waals surface area contributed by atoms with Crippen molar-refractivity contribution in [2.24, 2.45) is 0 Å². The first kappa shape index (κ1) is 18.7. The molecule has 0 unspecified atom stereocenters. The van der Waals surface area contributed by atoms with Crippen LogP contribution in [0.5, 0.6) is 0 Å². The molecule has 0 spiro atoms. The predicted molar refractivity (Wildman–Crippen MR) is 79.0 cm³/mol. The molecule has 134 valence electrons. The summed E-state index contributed by atoms with van der Waals surface area (Å²) in [7, 11) is -5.01. The van der Waals surface area contributed by atoms with Crippen molar-refractivity contribution in [3.8, 4) is 0 Å². The number of aromatic amines is 1. The minimum Gasteiger partial charge on any atom is -0.394 e. The van der Waals surface area contributed by atoms with Crippen LogP contribution in [0.25, 0.3) is 0 Å². The summed E-state index contributed by atoms with van der Waals surface area (Å²) < 4.78 is 22.0. The molecule has 12 heteroatoms. The van der Waals surface area contributed by atoms with E-state index in [1.807, 2.05) is 4.98 Å². The third-order valence-corrected chi connectivity index (χ3v) is 4.12. The maximum absolute atomic E-state index is 12.1. The minimum absolute atomic E-state index is 0.169. The predicted octanol–water partition coefficient (Wildman–Crippen LogP) is -2.00. The highest BCUT2D eigenvalue weighted by Gasteiger charge is 2.57. The number of phosphoric acid groups is 1. The highest BCUT2D eigenvalue weighted by molar-refractivity contribution is 7.46. The lowest BCUT2D eigenvalue weighted by Gasteiger charge is -2.33. The van der Waals surface area contributed by atoms with Gasteiger partial charge in [0.25, 0.3) is 5.56 Å². The summed E-state index contributed by atoms with van der Waals surface area (Å²) in [4.78, 5) is 43.2. The van der Waals surface area contributed by atoms with Crippen molar-refractivity contribution in [1.82, 2.24) is 9.55 Å². The molecule has 2 heterocycles. The van der Waals surface area contributed by atoms with Crippen LogP contribution < -0.4 is 11.2 Å². The number of H-pyrrole nitrogens is 1. The van der Waals surface area contributed by atoms with Gasteiger partial charge in [-0.15, -0.1) is 6.58 Å². The first-order valence-electron chi connectivity index (χ1n) is 6.78. The van der Waals surface area contributed by atoms with Crippen LogP contribution >= 0.6 is 7.82 Å². The third-order valence-electron chi connectivity index (χ3n) is 3.60. The lowest BCUT2D eigenvalue weighted by molar-refractivity contribution is -0.148. The summed E-state index contributed by atoms with van der Waals surface area (Å²) in [5.74, 6) is 0. The largest absolute Gasteiger partial charge is 0.470 e. The summed E-state index contributed by atoms with van der Waals surface area (Å²) in [5.41, 5.74) is -3.47. The summed E-state index contributed by atoms with van der Waals surface area (Å²) in [6.07, 6.45) is -2.50. The molecule has 0 saturated carbocycles. The fourth-order valence-corrected chi connectivity index (χ4v) is 3.24. The first-order valence-corrected chi connectivity index (χ1v) is 8.31. The van der Waals surface area contributed by atoms with E-state index in [0.29, 0.717) is 0 Å². The molecule has 1 saturated heterocycles. The Hall–Kier alpha value is -1.59. The van der Waals surface area contributed by atoms with E-state index in [2.05, 4.69) is 11.1 Å². The quantitative estimate of drug-likeness (QED) is 0.283. The molecule has 4 atom stereocenters. The molecule has 1 aliphatic heterocycles. The van der Waals surface area contributed by atoms with Crippen LogP contribution in [0.2, 0.25) is 0 Å². The average molecular weight is 364 g/mol. The molecule has 0 radical (unpaired) electrons. The van der Waals surface area contributed by atoms with Crippen LogP contribution in [0.4, 0.5) is 0 Å². The molecule has 1 aromatic rings. The number of aromatic nitrogens is 2. The Morgan fingerprint density at radius 2 is 2.17 bits per heavy atom. The van der Waals surface area contributed by atoms with Crippen molar-refractivity contribution in [3.63, 3.8) is 0 Å². The Morgan fingerprint density at radius 1 is 1.50 bits per heavy atom. The summed E-state index contributed by atoms with van der Waals surface area (Å²) in [6.45, 7) is 2.75. The van der Waals surface area contributed by atoms with Crippen molar-refractivity contribution in [1.29, 1.82) is 0 Å². The van der Waals surface area contributed by atoms with E-state index in [4.69, 9.17) is 14.5 Å².